The molecule has 5 aromatic carbocycles. The summed E-state index contributed by atoms with van der Waals surface area (Å²) in [6, 6.07) is 42.8. The number of unbranched alkanes of at least 4 members (excludes halogenated alkanes) is 2. The minimum absolute atomic E-state index is 0.134. The Balaban J connectivity index is 1.04. The molecule has 1 unspecified atom stereocenters. The minimum Gasteiger partial charge on any atom is -0.487 e. The number of nitrogens with zero attached hydrogens (tertiary/aromatic N) is 1. The van der Waals surface area contributed by atoms with Crippen molar-refractivity contribution in [1.82, 2.24) is 10.6 Å². The van der Waals surface area contributed by atoms with Crippen LogP contribution in [0.1, 0.15) is 65.2 Å². The number of rotatable bonds is 22. The van der Waals surface area contributed by atoms with Crippen LogP contribution < -0.4 is 19.7 Å². The standard InChI is InChI=1S/C45H53N3O6S/c1-55(51,52)48(33-38-17-5-2-6-18-38)42-31-41(27-28-44(42)53-34-39-19-7-3-8-20-39)43(49)32-46-29-13-11-15-36-23-25-37(26-24-36)16-12-14-30-47-45(50)54-35-40-21-9-4-10-22-40/h2-10,17-28,31,43,46,49H,11-16,29-30,32-35H2,1H3,(H,47,50). The van der Waals surface area contributed by atoms with E-state index in [0.29, 0.717) is 30.1 Å². The molecule has 0 aliphatic heterocycles. The minimum atomic E-state index is -3.70. The Bertz CT molecular complexity index is 1980. The van der Waals surface area contributed by atoms with E-state index in [4.69, 9.17) is 9.47 Å². The molecule has 0 saturated carbocycles. The number of hydrogen-bond acceptors (Lipinski definition) is 7. The molecule has 3 N–H and O–H groups in total. The fourth-order valence-electron chi connectivity index (χ4n) is 6.15. The summed E-state index contributed by atoms with van der Waals surface area (Å²) in [6.45, 7) is 2.35. The van der Waals surface area contributed by atoms with Gasteiger partial charge in [-0.05, 0) is 90.6 Å². The SMILES string of the molecule is CS(=O)(=O)N(Cc1ccccc1)c1cc(C(O)CNCCCCc2ccc(CCCCNC(=O)OCc3ccccc3)cc2)ccc1OCc1ccccc1. The third kappa shape index (κ3) is 14.2. The van der Waals surface area contributed by atoms with Gasteiger partial charge in [0.1, 0.15) is 19.0 Å². The summed E-state index contributed by atoms with van der Waals surface area (Å²) in [5.74, 6) is 0.424. The highest BCUT2D eigenvalue weighted by Crippen LogP contribution is 2.35. The van der Waals surface area contributed by atoms with E-state index in [2.05, 4.69) is 34.9 Å². The molecule has 0 fully saturated rings. The van der Waals surface area contributed by atoms with Crippen LogP contribution in [0.15, 0.2) is 133 Å². The molecule has 10 heteroatoms. The number of amides is 1. The Labute approximate surface area is 326 Å². The zero-order valence-corrected chi connectivity index (χ0v) is 32.4. The normalized spacial score (nSPS) is 11.8. The van der Waals surface area contributed by atoms with Gasteiger partial charge < -0.3 is 25.2 Å². The van der Waals surface area contributed by atoms with Gasteiger partial charge in [0, 0.05) is 13.1 Å². The number of alkyl carbamates (subject to hydrolysis) is 1. The second kappa shape index (κ2) is 21.7. The van der Waals surface area contributed by atoms with Crippen LogP contribution in [-0.2, 0) is 47.4 Å². The first-order chi connectivity index (χ1) is 26.7. The molecule has 55 heavy (non-hydrogen) atoms. The molecule has 0 saturated heterocycles. The summed E-state index contributed by atoms with van der Waals surface area (Å²) in [5, 5.41) is 17.3. The van der Waals surface area contributed by atoms with Crippen molar-refractivity contribution in [1.29, 1.82) is 0 Å². The lowest BCUT2D eigenvalue weighted by atomic mass is 10.0. The lowest BCUT2D eigenvalue weighted by molar-refractivity contribution is 0.139. The maximum Gasteiger partial charge on any atom is 0.407 e. The molecule has 0 spiro atoms. The molecular formula is C45H53N3O6S. The van der Waals surface area contributed by atoms with Gasteiger partial charge in [0.2, 0.25) is 10.0 Å². The van der Waals surface area contributed by atoms with Crippen molar-refractivity contribution >= 4 is 21.8 Å². The Morgan fingerprint density at radius 2 is 1.22 bits per heavy atom. The van der Waals surface area contributed by atoms with Crippen LogP contribution in [0.4, 0.5) is 10.5 Å². The van der Waals surface area contributed by atoms with E-state index in [1.807, 2.05) is 91.0 Å². The number of hydrogen-bond donors (Lipinski definition) is 3. The van der Waals surface area contributed by atoms with Gasteiger partial charge in [-0.2, -0.15) is 0 Å². The summed E-state index contributed by atoms with van der Waals surface area (Å²) < 4.78 is 39.1. The summed E-state index contributed by atoms with van der Waals surface area (Å²) in [5.41, 5.74) is 6.33. The monoisotopic (exact) mass is 763 g/mol. The molecule has 0 bridgehead atoms. The van der Waals surface area contributed by atoms with E-state index < -0.39 is 16.1 Å². The van der Waals surface area contributed by atoms with E-state index in [-0.39, 0.29) is 25.9 Å². The zero-order valence-electron chi connectivity index (χ0n) is 31.6. The number of aryl methyl sites for hydroxylation is 2. The van der Waals surface area contributed by atoms with E-state index in [1.165, 1.54) is 21.7 Å². The fourth-order valence-corrected chi connectivity index (χ4v) is 7.03. The first-order valence-corrected chi connectivity index (χ1v) is 20.8. The predicted molar refractivity (Wildman–Crippen MR) is 219 cm³/mol. The van der Waals surface area contributed by atoms with Gasteiger partial charge >= 0.3 is 6.09 Å². The molecule has 0 radical (unpaired) electrons. The Morgan fingerprint density at radius 1 is 0.673 bits per heavy atom. The van der Waals surface area contributed by atoms with Crippen LogP contribution in [0, 0.1) is 0 Å². The van der Waals surface area contributed by atoms with Gasteiger partial charge in [0.25, 0.3) is 0 Å². The topological polar surface area (TPSA) is 117 Å². The van der Waals surface area contributed by atoms with Crippen LogP contribution in [0.2, 0.25) is 0 Å². The van der Waals surface area contributed by atoms with Crippen molar-refractivity contribution in [2.75, 3.05) is 30.2 Å². The molecule has 0 aliphatic rings. The molecule has 0 heterocycles. The molecule has 5 aromatic rings. The number of anilines is 1. The van der Waals surface area contributed by atoms with Crippen molar-refractivity contribution in [3.63, 3.8) is 0 Å². The Kier molecular flexibility index (Phi) is 16.2. The lowest BCUT2D eigenvalue weighted by Crippen LogP contribution is -2.30. The van der Waals surface area contributed by atoms with Crippen molar-refractivity contribution in [3.05, 3.63) is 167 Å². The number of sulfonamides is 1. The third-order valence-corrected chi connectivity index (χ3v) is 10.4. The van der Waals surface area contributed by atoms with Gasteiger partial charge in [-0.3, -0.25) is 4.31 Å². The molecule has 0 aliphatic carbocycles. The number of ether oxygens (including phenoxy) is 2. The summed E-state index contributed by atoms with van der Waals surface area (Å²) in [6.07, 6.45) is 5.71. The van der Waals surface area contributed by atoms with Crippen molar-refractivity contribution in [2.24, 2.45) is 0 Å². The molecule has 5 rings (SSSR count). The highest BCUT2D eigenvalue weighted by molar-refractivity contribution is 7.92. The maximum atomic E-state index is 13.1. The summed E-state index contributed by atoms with van der Waals surface area (Å²) in [7, 11) is -3.70. The number of benzene rings is 5. The van der Waals surface area contributed by atoms with E-state index in [9.17, 15) is 18.3 Å². The maximum absolute atomic E-state index is 13.1. The average Bonchev–Trinajstić information content (AvgIpc) is 3.20. The van der Waals surface area contributed by atoms with Crippen molar-refractivity contribution in [2.45, 2.75) is 64.4 Å². The van der Waals surface area contributed by atoms with Crippen molar-refractivity contribution in [3.8, 4) is 5.75 Å². The molecule has 0 aromatic heterocycles. The molecule has 1 atom stereocenters. The molecule has 290 valence electrons. The van der Waals surface area contributed by atoms with Gasteiger partial charge in [-0.1, -0.05) is 121 Å². The largest absolute Gasteiger partial charge is 0.487 e. The lowest BCUT2D eigenvalue weighted by Gasteiger charge is -2.26. The van der Waals surface area contributed by atoms with Gasteiger partial charge in [0.05, 0.1) is 24.6 Å². The zero-order chi connectivity index (χ0) is 38.7. The van der Waals surface area contributed by atoms with Gasteiger partial charge in [0.15, 0.2) is 0 Å². The number of aliphatic hydroxyl groups is 1. The number of carbonyl (C=O) groups excluding carboxylic acids is 1. The molecule has 1 amide bonds. The molecular weight excluding hydrogens is 711 g/mol. The van der Waals surface area contributed by atoms with Gasteiger partial charge in [-0.15, -0.1) is 0 Å². The predicted octanol–water partition coefficient (Wildman–Crippen LogP) is 8.13. The Hall–Kier alpha value is -5.16. The summed E-state index contributed by atoms with van der Waals surface area (Å²) in [4.78, 5) is 11.9. The first-order valence-electron chi connectivity index (χ1n) is 19.0. The van der Waals surface area contributed by atoms with Crippen LogP contribution in [-0.4, -0.2) is 45.5 Å². The summed E-state index contributed by atoms with van der Waals surface area (Å²) >= 11 is 0. The number of aliphatic hydroxyl groups excluding tert-OH is 1. The first kappa shape index (κ1) is 41.0. The number of nitrogens with one attached hydrogen (secondary N) is 2. The van der Waals surface area contributed by atoms with E-state index >= 15 is 0 Å². The van der Waals surface area contributed by atoms with Crippen LogP contribution in [0.3, 0.4) is 0 Å². The highest BCUT2D eigenvalue weighted by Gasteiger charge is 2.24. The molecule has 9 nitrogen and oxygen atoms in total. The highest BCUT2D eigenvalue weighted by atomic mass is 32.2. The van der Waals surface area contributed by atoms with E-state index in [0.717, 1.165) is 61.8 Å². The second-order valence-electron chi connectivity index (χ2n) is 13.7. The smallest absolute Gasteiger partial charge is 0.407 e. The van der Waals surface area contributed by atoms with Crippen LogP contribution in [0.25, 0.3) is 0 Å². The van der Waals surface area contributed by atoms with Crippen LogP contribution >= 0.6 is 0 Å². The number of carbonyl (C=O) groups is 1. The average molecular weight is 764 g/mol. The van der Waals surface area contributed by atoms with Crippen molar-refractivity contribution < 1.29 is 27.8 Å². The second-order valence-corrected chi connectivity index (χ2v) is 15.6. The Morgan fingerprint density at radius 3 is 1.80 bits per heavy atom. The van der Waals surface area contributed by atoms with E-state index in [1.54, 1.807) is 18.2 Å². The third-order valence-electron chi connectivity index (χ3n) is 9.25. The fraction of sp³-hybridized carbons (Fsp3) is 0.311. The van der Waals surface area contributed by atoms with Gasteiger partial charge in [-0.25, -0.2) is 13.2 Å². The van der Waals surface area contributed by atoms with Crippen LogP contribution in [0.5, 0.6) is 5.75 Å². The quantitative estimate of drug-likeness (QED) is 0.0610.